The van der Waals surface area contributed by atoms with Gasteiger partial charge in [0.2, 0.25) is 10.0 Å². The van der Waals surface area contributed by atoms with Gasteiger partial charge in [-0.1, -0.05) is 54.1 Å². The first-order valence-electron chi connectivity index (χ1n) is 11.0. The summed E-state index contributed by atoms with van der Waals surface area (Å²) in [6.07, 6.45) is 4.52. The van der Waals surface area contributed by atoms with Crippen LogP contribution in [0.4, 0.5) is 0 Å². The van der Waals surface area contributed by atoms with E-state index >= 15 is 0 Å². The van der Waals surface area contributed by atoms with E-state index in [0.717, 1.165) is 35.1 Å². The van der Waals surface area contributed by atoms with Gasteiger partial charge in [-0.05, 0) is 72.7 Å². The average molecular weight is 464 g/mol. The molecular formula is C27H29NO4S. The fourth-order valence-corrected chi connectivity index (χ4v) is 5.46. The molecule has 1 unspecified atom stereocenters. The van der Waals surface area contributed by atoms with Gasteiger partial charge in [-0.15, -0.1) is 0 Å². The quantitative estimate of drug-likeness (QED) is 0.482. The van der Waals surface area contributed by atoms with E-state index in [9.17, 15) is 8.42 Å². The van der Waals surface area contributed by atoms with Crippen molar-refractivity contribution in [2.45, 2.75) is 37.1 Å². The molecule has 6 heteroatoms. The summed E-state index contributed by atoms with van der Waals surface area (Å²) in [7, 11) is -0.440. The first-order chi connectivity index (χ1) is 15.9. The SMILES string of the molecule is COc1cc2c(cc1OC)C(CC(NS(=O)(=O)c1ccc(C)cc1)c1ccccc1)=CCC2. The Morgan fingerprint density at radius 2 is 1.61 bits per heavy atom. The lowest BCUT2D eigenvalue weighted by Crippen LogP contribution is -2.29. The van der Waals surface area contributed by atoms with E-state index in [1.54, 1.807) is 26.4 Å². The zero-order valence-electron chi connectivity index (χ0n) is 19.2. The number of allylic oxidation sites excluding steroid dienone is 1. The molecule has 0 aliphatic heterocycles. The Kier molecular flexibility index (Phi) is 6.86. The molecule has 0 bridgehead atoms. The second-order valence-corrected chi connectivity index (χ2v) is 9.95. The largest absolute Gasteiger partial charge is 0.493 e. The first kappa shape index (κ1) is 23.1. The molecule has 0 amide bonds. The number of nitrogens with one attached hydrogen (secondary N) is 1. The van der Waals surface area contributed by atoms with Crippen molar-refractivity contribution in [1.29, 1.82) is 0 Å². The maximum atomic E-state index is 13.2. The standard InChI is InChI=1S/C27H29NO4S/c1-19-12-14-23(15-13-19)33(29,30)28-25(20-8-5-4-6-9-20)16-21-10-7-11-22-17-26(31-2)27(32-3)18-24(21)22/h4-6,8-10,12-15,17-18,25,28H,7,11,16H2,1-3H3. The van der Waals surface area contributed by atoms with Crippen molar-refractivity contribution in [1.82, 2.24) is 4.72 Å². The van der Waals surface area contributed by atoms with Crippen LogP contribution < -0.4 is 14.2 Å². The second-order valence-electron chi connectivity index (χ2n) is 8.23. The Balaban J connectivity index is 1.69. The van der Waals surface area contributed by atoms with E-state index in [4.69, 9.17) is 9.47 Å². The molecule has 33 heavy (non-hydrogen) atoms. The van der Waals surface area contributed by atoms with Crippen LogP contribution in [0.3, 0.4) is 0 Å². The van der Waals surface area contributed by atoms with Crippen LogP contribution in [0.15, 0.2) is 77.7 Å². The topological polar surface area (TPSA) is 64.6 Å². The predicted octanol–water partition coefficient (Wildman–Crippen LogP) is 5.45. The maximum Gasteiger partial charge on any atom is 0.241 e. The van der Waals surface area contributed by atoms with Crippen molar-refractivity contribution in [3.63, 3.8) is 0 Å². The number of hydrogen-bond donors (Lipinski definition) is 1. The minimum absolute atomic E-state index is 0.262. The highest BCUT2D eigenvalue weighted by atomic mass is 32.2. The Morgan fingerprint density at radius 1 is 0.939 bits per heavy atom. The number of rotatable bonds is 8. The van der Waals surface area contributed by atoms with E-state index < -0.39 is 16.1 Å². The molecule has 1 N–H and O–H groups in total. The summed E-state index contributed by atoms with van der Waals surface area (Å²) < 4.78 is 40.4. The molecule has 172 valence electrons. The van der Waals surface area contributed by atoms with E-state index in [0.29, 0.717) is 17.9 Å². The van der Waals surface area contributed by atoms with Crippen LogP contribution in [-0.2, 0) is 16.4 Å². The molecular weight excluding hydrogens is 434 g/mol. The van der Waals surface area contributed by atoms with E-state index in [-0.39, 0.29) is 4.90 Å². The van der Waals surface area contributed by atoms with Crippen molar-refractivity contribution in [3.8, 4) is 11.5 Å². The molecule has 0 heterocycles. The van der Waals surface area contributed by atoms with Crippen LogP contribution in [-0.4, -0.2) is 22.6 Å². The molecule has 0 radical (unpaired) electrons. The van der Waals surface area contributed by atoms with Crippen molar-refractivity contribution >= 4 is 15.6 Å². The number of ether oxygens (including phenoxy) is 2. The van der Waals surface area contributed by atoms with E-state index in [2.05, 4.69) is 10.8 Å². The highest BCUT2D eigenvalue weighted by Gasteiger charge is 2.25. The number of methoxy groups -OCH3 is 2. The third kappa shape index (κ3) is 5.13. The van der Waals surface area contributed by atoms with Crippen LogP contribution in [0.2, 0.25) is 0 Å². The van der Waals surface area contributed by atoms with Gasteiger partial charge in [0.1, 0.15) is 0 Å². The average Bonchev–Trinajstić information content (AvgIpc) is 2.83. The number of sulfonamides is 1. The third-order valence-corrected chi connectivity index (χ3v) is 7.50. The molecule has 3 aromatic rings. The third-order valence-electron chi connectivity index (χ3n) is 6.01. The van der Waals surface area contributed by atoms with Gasteiger partial charge in [-0.2, -0.15) is 0 Å². The van der Waals surface area contributed by atoms with Gasteiger partial charge >= 0.3 is 0 Å². The van der Waals surface area contributed by atoms with Crippen LogP contribution in [0, 0.1) is 6.92 Å². The Morgan fingerprint density at radius 3 is 2.27 bits per heavy atom. The van der Waals surface area contributed by atoms with Crippen LogP contribution >= 0.6 is 0 Å². The van der Waals surface area contributed by atoms with Gasteiger partial charge in [-0.25, -0.2) is 13.1 Å². The highest BCUT2D eigenvalue weighted by molar-refractivity contribution is 7.89. The smallest absolute Gasteiger partial charge is 0.241 e. The lowest BCUT2D eigenvalue weighted by molar-refractivity contribution is 0.354. The summed E-state index contributed by atoms with van der Waals surface area (Å²) in [6, 6.07) is 20.2. The summed E-state index contributed by atoms with van der Waals surface area (Å²) in [5, 5.41) is 0. The summed E-state index contributed by atoms with van der Waals surface area (Å²) in [4.78, 5) is 0.262. The Labute approximate surface area is 196 Å². The molecule has 0 fully saturated rings. The zero-order valence-corrected chi connectivity index (χ0v) is 20.0. The molecule has 3 aromatic carbocycles. The normalized spacial score (nSPS) is 14.2. The van der Waals surface area contributed by atoms with Crippen molar-refractivity contribution < 1.29 is 17.9 Å². The monoisotopic (exact) mass is 463 g/mol. The molecule has 0 saturated heterocycles. The number of fused-ring (bicyclic) bond motifs is 1. The van der Waals surface area contributed by atoms with Crippen LogP contribution in [0.1, 0.15) is 41.1 Å². The van der Waals surface area contributed by atoms with E-state index in [1.807, 2.05) is 61.5 Å². The van der Waals surface area contributed by atoms with Gasteiger partial charge in [0.05, 0.1) is 25.2 Å². The molecule has 1 atom stereocenters. The van der Waals surface area contributed by atoms with Crippen molar-refractivity contribution in [2.24, 2.45) is 0 Å². The number of hydrogen-bond acceptors (Lipinski definition) is 4. The molecule has 0 spiro atoms. The lowest BCUT2D eigenvalue weighted by atomic mass is 9.86. The summed E-state index contributed by atoms with van der Waals surface area (Å²) in [5.74, 6) is 1.37. The molecule has 4 rings (SSSR count). The zero-order chi connectivity index (χ0) is 23.4. The fraction of sp³-hybridized carbons (Fsp3) is 0.259. The predicted molar refractivity (Wildman–Crippen MR) is 131 cm³/mol. The minimum atomic E-state index is -3.70. The molecule has 5 nitrogen and oxygen atoms in total. The lowest BCUT2D eigenvalue weighted by Gasteiger charge is -2.25. The second kappa shape index (κ2) is 9.81. The van der Waals surface area contributed by atoms with E-state index in [1.165, 1.54) is 5.56 Å². The Hall–Kier alpha value is -3.09. The molecule has 0 saturated carbocycles. The Bertz CT molecular complexity index is 1250. The van der Waals surface area contributed by atoms with Crippen LogP contribution in [0.5, 0.6) is 11.5 Å². The van der Waals surface area contributed by atoms with Gasteiger partial charge < -0.3 is 9.47 Å². The van der Waals surface area contributed by atoms with Gasteiger partial charge in [-0.3, -0.25) is 0 Å². The van der Waals surface area contributed by atoms with Crippen molar-refractivity contribution in [3.05, 3.63) is 95.1 Å². The first-order valence-corrected chi connectivity index (χ1v) is 12.5. The summed E-state index contributed by atoms with van der Waals surface area (Å²) >= 11 is 0. The minimum Gasteiger partial charge on any atom is -0.493 e. The van der Waals surface area contributed by atoms with Crippen LogP contribution in [0.25, 0.3) is 5.57 Å². The maximum absolute atomic E-state index is 13.2. The van der Waals surface area contributed by atoms with Gasteiger partial charge in [0, 0.05) is 0 Å². The molecule has 1 aliphatic carbocycles. The van der Waals surface area contributed by atoms with Crippen molar-refractivity contribution in [2.75, 3.05) is 14.2 Å². The summed E-state index contributed by atoms with van der Waals surface area (Å²) in [5.41, 5.74) is 5.29. The number of aryl methyl sites for hydroxylation is 2. The molecule has 0 aromatic heterocycles. The fourth-order valence-electron chi connectivity index (χ4n) is 4.24. The molecule has 1 aliphatic rings. The number of benzene rings is 3. The highest BCUT2D eigenvalue weighted by Crippen LogP contribution is 2.40. The van der Waals surface area contributed by atoms with Gasteiger partial charge in [0.25, 0.3) is 0 Å². The summed E-state index contributed by atoms with van der Waals surface area (Å²) in [6.45, 7) is 1.94. The van der Waals surface area contributed by atoms with Gasteiger partial charge in [0.15, 0.2) is 11.5 Å².